The molecule has 6 nitrogen and oxygen atoms in total. The standard InChI is InChI=1S/C18H21N5O/c1-22-12-9-19-17(22)18(24-2)7-10-23(11-8-18)16-14-5-3-4-6-15(14)20-13-21-16/h3-6,9,12-13H,7-8,10-11H2,1-2H3. The summed E-state index contributed by atoms with van der Waals surface area (Å²) in [6.07, 6.45) is 7.22. The van der Waals surface area contributed by atoms with Crippen molar-refractivity contribution >= 4 is 16.7 Å². The smallest absolute Gasteiger partial charge is 0.140 e. The van der Waals surface area contributed by atoms with Gasteiger partial charge in [-0.1, -0.05) is 12.1 Å². The highest BCUT2D eigenvalue weighted by Gasteiger charge is 2.40. The van der Waals surface area contributed by atoms with Crippen LogP contribution in [-0.2, 0) is 17.4 Å². The Balaban J connectivity index is 1.63. The second-order valence-electron chi connectivity index (χ2n) is 6.26. The molecule has 1 aliphatic rings. The molecule has 24 heavy (non-hydrogen) atoms. The number of hydrogen-bond acceptors (Lipinski definition) is 5. The lowest BCUT2D eigenvalue weighted by molar-refractivity contribution is -0.0437. The highest BCUT2D eigenvalue weighted by atomic mass is 16.5. The fourth-order valence-electron chi connectivity index (χ4n) is 3.65. The number of nitrogens with zero attached hydrogens (tertiary/aromatic N) is 5. The number of aryl methyl sites for hydroxylation is 1. The SMILES string of the molecule is COC1(c2nccn2C)CCN(c2ncnc3ccccc23)CC1. The monoisotopic (exact) mass is 323 g/mol. The van der Waals surface area contributed by atoms with Gasteiger partial charge in [-0.25, -0.2) is 15.0 Å². The third-order valence-electron chi connectivity index (χ3n) is 5.01. The van der Waals surface area contributed by atoms with E-state index in [9.17, 15) is 0 Å². The number of benzene rings is 1. The summed E-state index contributed by atoms with van der Waals surface area (Å²) >= 11 is 0. The molecule has 0 saturated carbocycles. The Labute approximate surface area is 141 Å². The van der Waals surface area contributed by atoms with Gasteiger partial charge in [-0.15, -0.1) is 0 Å². The van der Waals surface area contributed by atoms with Crippen molar-refractivity contribution in [2.45, 2.75) is 18.4 Å². The van der Waals surface area contributed by atoms with Crippen molar-refractivity contribution in [2.75, 3.05) is 25.1 Å². The van der Waals surface area contributed by atoms with Gasteiger partial charge in [-0.2, -0.15) is 0 Å². The number of para-hydroxylation sites is 1. The van der Waals surface area contributed by atoms with Gasteiger partial charge in [0.25, 0.3) is 0 Å². The average Bonchev–Trinajstić information content (AvgIpc) is 3.08. The van der Waals surface area contributed by atoms with Crippen LogP contribution in [0.1, 0.15) is 18.7 Å². The summed E-state index contributed by atoms with van der Waals surface area (Å²) < 4.78 is 7.99. The summed E-state index contributed by atoms with van der Waals surface area (Å²) in [7, 11) is 3.80. The molecule has 1 aliphatic heterocycles. The Morgan fingerprint density at radius 3 is 2.58 bits per heavy atom. The van der Waals surface area contributed by atoms with Gasteiger partial charge in [-0.3, -0.25) is 0 Å². The van der Waals surface area contributed by atoms with Crippen molar-refractivity contribution in [1.29, 1.82) is 0 Å². The third kappa shape index (κ3) is 2.34. The molecule has 124 valence electrons. The first-order valence-electron chi connectivity index (χ1n) is 8.21. The summed E-state index contributed by atoms with van der Waals surface area (Å²) in [5.74, 6) is 2.00. The van der Waals surface area contributed by atoms with Gasteiger partial charge in [-0.05, 0) is 12.1 Å². The van der Waals surface area contributed by atoms with Gasteiger partial charge in [0.1, 0.15) is 23.6 Å². The molecular weight excluding hydrogens is 302 g/mol. The van der Waals surface area contributed by atoms with E-state index in [0.29, 0.717) is 0 Å². The summed E-state index contributed by atoms with van der Waals surface area (Å²) in [5.41, 5.74) is 0.660. The van der Waals surface area contributed by atoms with E-state index in [0.717, 1.165) is 48.5 Å². The minimum Gasteiger partial charge on any atom is -0.370 e. The van der Waals surface area contributed by atoms with Crippen molar-refractivity contribution in [1.82, 2.24) is 19.5 Å². The Hall–Kier alpha value is -2.47. The molecule has 3 aromatic rings. The molecule has 1 saturated heterocycles. The zero-order chi connectivity index (χ0) is 16.6. The fraction of sp³-hybridized carbons (Fsp3) is 0.389. The van der Waals surface area contributed by atoms with E-state index >= 15 is 0 Å². The van der Waals surface area contributed by atoms with Gasteiger partial charge in [0.2, 0.25) is 0 Å². The molecule has 0 spiro atoms. The molecule has 0 radical (unpaired) electrons. The first-order valence-corrected chi connectivity index (χ1v) is 8.21. The van der Waals surface area contributed by atoms with Crippen LogP contribution >= 0.6 is 0 Å². The number of ether oxygens (including phenoxy) is 1. The molecule has 1 fully saturated rings. The normalized spacial score (nSPS) is 17.3. The van der Waals surface area contributed by atoms with Gasteiger partial charge in [0, 0.05) is 57.9 Å². The van der Waals surface area contributed by atoms with Crippen molar-refractivity contribution in [3.05, 3.63) is 48.8 Å². The van der Waals surface area contributed by atoms with Crippen LogP contribution in [0.4, 0.5) is 5.82 Å². The molecule has 0 atom stereocenters. The van der Waals surface area contributed by atoms with E-state index in [1.165, 1.54) is 0 Å². The van der Waals surface area contributed by atoms with E-state index < -0.39 is 0 Å². The molecule has 0 aliphatic carbocycles. The Bertz CT molecular complexity index is 846. The summed E-state index contributed by atoms with van der Waals surface area (Å²) in [5, 5.41) is 1.10. The van der Waals surface area contributed by atoms with Crippen LogP contribution in [0.25, 0.3) is 10.9 Å². The van der Waals surface area contributed by atoms with Gasteiger partial charge in [0.15, 0.2) is 0 Å². The predicted molar refractivity (Wildman–Crippen MR) is 92.9 cm³/mol. The molecule has 0 amide bonds. The Kier molecular flexibility index (Phi) is 3.69. The fourth-order valence-corrected chi connectivity index (χ4v) is 3.65. The minimum atomic E-state index is -0.322. The van der Waals surface area contributed by atoms with Gasteiger partial charge >= 0.3 is 0 Å². The molecule has 2 aromatic heterocycles. The number of methoxy groups -OCH3 is 1. The Morgan fingerprint density at radius 2 is 1.88 bits per heavy atom. The number of aromatic nitrogens is 4. The van der Waals surface area contributed by atoms with Crippen LogP contribution in [0.15, 0.2) is 43.0 Å². The maximum Gasteiger partial charge on any atom is 0.140 e. The summed E-state index contributed by atoms with van der Waals surface area (Å²) in [6.45, 7) is 1.75. The third-order valence-corrected chi connectivity index (χ3v) is 5.01. The van der Waals surface area contributed by atoms with Gasteiger partial charge < -0.3 is 14.2 Å². The van der Waals surface area contributed by atoms with Crippen molar-refractivity contribution in [3.63, 3.8) is 0 Å². The molecule has 4 rings (SSSR count). The van der Waals surface area contributed by atoms with Crippen LogP contribution in [0, 0.1) is 0 Å². The second-order valence-corrected chi connectivity index (χ2v) is 6.26. The first kappa shape index (κ1) is 15.1. The quantitative estimate of drug-likeness (QED) is 0.741. The number of rotatable bonds is 3. The number of imidazole rings is 1. The summed E-state index contributed by atoms with van der Waals surface area (Å²) in [4.78, 5) is 15.7. The second kappa shape index (κ2) is 5.87. The van der Waals surface area contributed by atoms with Crippen LogP contribution in [0.2, 0.25) is 0 Å². The van der Waals surface area contributed by atoms with E-state index in [2.05, 4.69) is 30.5 Å². The van der Waals surface area contributed by atoms with Crippen LogP contribution < -0.4 is 4.90 Å². The lowest BCUT2D eigenvalue weighted by Gasteiger charge is -2.40. The molecule has 0 N–H and O–H groups in total. The van der Waals surface area contributed by atoms with E-state index in [-0.39, 0.29) is 5.60 Å². The molecular formula is C18H21N5O. The number of fused-ring (bicyclic) bond motifs is 1. The van der Waals surface area contributed by atoms with Gasteiger partial charge in [0.05, 0.1) is 5.52 Å². The zero-order valence-corrected chi connectivity index (χ0v) is 14.0. The van der Waals surface area contributed by atoms with Crippen molar-refractivity contribution in [2.24, 2.45) is 7.05 Å². The molecule has 0 unspecified atom stereocenters. The van der Waals surface area contributed by atoms with Crippen molar-refractivity contribution in [3.8, 4) is 0 Å². The largest absolute Gasteiger partial charge is 0.370 e. The zero-order valence-electron chi connectivity index (χ0n) is 14.0. The minimum absolute atomic E-state index is 0.322. The molecule has 0 bridgehead atoms. The highest BCUT2D eigenvalue weighted by Crippen LogP contribution is 2.37. The van der Waals surface area contributed by atoms with Crippen LogP contribution in [0.3, 0.4) is 0 Å². The lowest BCUT2D eigenvalue weighted by Crippen LogP contribution is -2.45. The van der Waals surface area contributed by atoms with E-state index in [1.807, 2.05) is 37.6 Å². The van der Waals surface area contributed by atoms with Crippen LogP contribution in [-0.4, -0.2) is 39.7 Å². The number of anilines is 1. The van der Waals surface area contributed by atoms with Crippen molar-refractivity contribution < 1.29 is 4.74 Å². The Morgan fingerprint density at radius 1 is 1.08 bits per heavy atom. The first-order chi connectivity index (χ1) is 11.7. The van der Waals surface area contributed by atoms with E-state index in [1.54, 1.807) is 13.4 Å². The number of piperidine rings is 1. The molecule has 6 heteroatoms. The summed E-state index contributed by atoms with van der Waals surface area (Å²) in [6, 6.07) is 8.15. The maximum absolute atomic E-state index is 5.93. The topological polar surface area (TPSA) is 56.1 Å². The maximum atomic E-state index is 5.93. The number of hydrogen-bond donors (Lipinski definition) is 0. The van der Waals surface area contributed by atoms with Crippen LogP contribution in [0.5, 0.6) is 0 Å². The molecule has 3 heterocycles. The van der Waals surface area contributed by atoms with E-state index in [4.69, 9.17) is 4.74 Å². The molecule has 1 aromatic carbocycles. The highest BCUT2D eigenvalue weighted by molar-refractivity contribution is 5.89. The predicted octanol–water partition coefficient (Wildman–Crippen LogP) is 2.51. The average molecular weight is 323 g/mol. The lowest BCUT2D eigenvalue weighted by atomic mass is 9.90.